The molecule has 0 aliphatic heterocycles. The molecule has 0 heterocycles. The summed E-state index contributed by atoms with van der Waals surface area (Å²) in [6.07, 6.45) is 3.36. The summed E-state index contributed by atoms with van der Waals surface area (Å²) in [5, 5.41) is 7.33. The average molecular weight is 116 g/mol. The molecule has 0 saturated heterocycles. The highest BCUT2D eigenvalue weighted by Crippen LogP contribution is 1.74. The zero-order chi connectivity index (χ0) is 6.83. The predicted octanol–water partition coefficient (Wildman–Crippen LogP) is 1.67. The molecule has 1 N–H and O–H groups in total. The van der Waals surface area contributed by atoms with Gasteiger partial charge in [-0.05, 0) is 6.42 Å². The fraction of sp³-hybridized carbons (Fsp3) is 0.500. The monoisotopic (exact) mass is 116 g/mol. The number of aldehydes is 1. The maximum atomic E-state index is 9.40. The second-order valence-corrected chi connectivity index (χ2v) is 1.14. The van der Waals surface area contributed by atoms with E-state index < -0.39 is 0 Å². The Hall–Kier alpha value is -0.790. The maximum Gasteiger partial charge on any atom is 0.119 e. The van der Waals surface area contributed by atoms with Crippen molar-refractivity contribution in [3.8, 4) is 0 Å². The van der Waals surface area contributed by atoms with E-state index in [-0.39, 0.29) is 0 Å². The van der Waals surface area contributed by atoms with Gasteiger partial charge in [0.15, 0.2) is 0 Å². The molecule has 0 aromatic carbocycles. The van der Waals surface area contributed by atoms with Gasteiger partial charge in [-0.25, -0.2) is 0 Å². The van der Waals surface area contributed by atoms with Crippen LogP contribution in [0.15, 0.2) is 12.8 Å². The Bertz CT molecular complexity index is 50.5. The van der Waals surface area contributed by atoms with E-state index in [9.17, 15) is 4.79 Å². The number of hydrogen-bond acceptors (Lipinski definition) is 2. The van der Waals surface area contributed by atoms with Crippen molar-refractivity contribution in [3.63, 3.8) is 0 Å². The molecule has 0 aliphatic rings. The molecular formula is C6H12O2. The summed E-state index contributed by atoms with van der Waals surface area (Å²) in [6, 6.07) is 0. The maximum absolute atomic E-state index is 9.40. The summed E-state index contributed by atoms with van der Waals surface area (Å²) < 4.78 is 0. The summed E-state index contributed by atoms with van der Waals surface area (Å²) >= 11 is 0. The average Bonchev–Trinajstić information content (AvgIpc) is 1.71. The van der Waals surface area contributed by atoms with Crippen LogP contribution in [0.1, 0.15) is 19.8 Å². The first-order valence-electron chi connectivity index (χ1n) is 2.52. The van der Waals surface area contributed by atoms with Crippen LogP contribution in [0, 0.1) is 0 Å². The first kappa shape index (κ1) is 10.2. The van der Waals surface area contributed by atoms with E-state index in [1.54, 1.807) is 0 Å². The molecule has 0 saturated carbocycles. The lowest BCUT2D eigenvalue weighted by Crippen LogP contribution is -1.64. The minimum absolute atomic E-state index is 0.708. The lowest BCUT2D eigenvalue weighted by molar-refractivity contribution is -0.107. The van der Waals surface area contributed by atoms with Crippen LogP contribution in [-0.4, -0.2) is 11.4 Å². The lowest BCUT2D eigenvalue weighted by Gasteiger charge is -1.68. The molecular weight excluding hydrogens is 104 g/mol. The van der Waals surface area contributed by atoms with Gasteiger partial charge < -0.3 is 9.90 Å². The topological polar surface area (TPSA) is 37.3 Å². The third-order valence-corrected chi connectivity index (χ3v) is 0.407. The van der Waals surface area contributed by atoms with Crippen LogP contribution in [0.5, 0.6) is 0 Å². The number of hydrogen-bond donors (Lipinski definition) is 1. The van der Waals surface area contributed by atoms with Gasteiger partial charge in [0.1, 0.15) is 6.29 Å². The molecule has 0 spiro atoms. The minimum Gasteiger partial charge on any atom is -0.516 e. The molecule has 48 valence electrons. The van der Waals surface area contributed by atoms with E-state index in [1.165, 1.54) is 0 Å². The van der Waals surface area contributed by atoms with Crippen LogP contribution < -0.4 is 0 Å². The summed E-state index contributed by atoms with van der Waals surface area (Å²) in [4.78, 5) is 9.40. The van der Waals surface area contributed by atoms with Crippen molar-refractivity contribution in [2.75, 3.05) is 0 Å². The molecule has 0 fully saturated rings. The van der Waals surface area contributed by atoms with E-state index in [1.807, 2.05) is 6.92 Å². The van der Waals surface area contributed by atoms with Crippen LogP contribution in [-0.2, 0) is 4.79 Å². The van der Waals surface area contributed by atoms with Crippen molar-refractivity contribution in [1.29, 1.82) is 0 Å². The van der Waals surface area contributed by atoms with Crippen LogP contribution in [0.3, 0.4) is 0 Å². The molecule has 8 heavy (non-hydrogen) atoms. The van der Waals surface area contributed by atoms with E-state index in [0.717, 1.165) is 19.0 Å². The van der Waals surface area contributed by atoms with Crippen molar-refractivity contribution >= 4 is 6.29 Å². The Morgan fingerprint density at radius 2 is 2.12 bits per heavy atom. The zero-order valence-corrected chi connectivity index (χ0v) is 5.13. The van der Waals surface area contributed by atoms with Gasteiger partial charge in [-0.15, -0.1) is 0 Å². The number of carbonyl (C=O) groups excluding carboxylic acids is 1. The number of unbranched alkanes of at least 4 members (excludes halogenated alkanes) is 1. The first-order chi connectivity index (χ1) is 3.83. The Kier molecular flexibility index (Phi) is 20.9. The third-order valence-electron chi connectivity index (χ3n) is 0.407. The molecule has 0 aromatic heterocycles. The van der Waals surface area contributed by atoms with Gasteiger partial charge in [-0.3, -0.25) is 0 Å². The van der Waals surface area contributed by atoms with Crippen molar-refractivity contribution in [3.05, 3.63) is 12.8 Å². The molecule has 0 radical (unpaired) electrons. The van der Waals surface area contributed by atoms with Crippen LogP contribution in [0.4, 0.5) is 0 Å². The Labute approximate surface area is 49.8 Å². The van der Waals surface area contributed by atoms with E-state index in [0.29, 0.717) is 6.42 Å². The minimum atomic E-state index is 0.708. The Morgan fingerprint density at radius 1 is 1.75 bits per heavy atom. The standard InChI is InChI=1S/C4H8O.C2H4O/c1-2-3-4-5;1-2-3/h4H,2-3H2,1H3;2-3H,1H2. The molecule has 0 aromatic rings. The Balaban J connectivity index is 0. The second-order valence-electron chi connectivity index (χ2n) is 1.14. The smallest absolute Gasteiger partial charge is 0.119 e. The summed E-state index contributed by atoms with van der Waals surface area (Å²) in [6.45, 7) is 4.90. The van der Waals surface area contributed by atoms with Crippen LogP contribution in [0.2, 0.25) is 0 Å². The van der Waals surface area contributed by atoms with E-state index in [2.05, 4.69) is 6.58 Å². The molecule has 2 heteroatoms. The highest BCUT2D eigenvalue weighted by Gasteiger charge is 1.66. The van der Waals surface area contributed by atoms with Gasteiger partial charge in [-0.2, -0.15) is 0 Å². The fourth-order valence-electron chi connectivity index (χ4n) is 0.118. The molecule has 0 unspecified atom stereocenters. The van der Waals surface area contributed by atoms with Crippen molar-refractivity contribution < 1.29 is 9.90 Å². The van der Waals surface area contributed by atoms with Crippen LogP contribution in [0.25, 0.3) is 0 Å². The normalized spacial score (nSPS) is 6.12. The van der Waals surface area contributed by atoms with Gasteiger partial charge in [0.2, 0.25) is 0 Å². The Morgan fingerprint density at radius 3 is 2.12 bits per heavy atom. The SMILES string of the molecule is C=CO.CCCC=O. The van der Waals surface area contributed by atoms with Gasteiger partial charge in [0.05, 0.1) is 6.26 Å². The number of carbonyl (C=O) groups is 1. The second kappa shape index (κ2) is 16.4. The van der Waals surface area contributed by atoms with Gasteiger partial charge >= 0.3 is 0 Å². The first-order valence-corrected chi connectivity index (χ1v) is 2.52. The third kappa shape index (κ3) is 63.1. The molecule has 0 atom stereocenters. The highest BCUT2D eigenvalue weighted by molar-refractivity contribution is 5.48. The zero-order valence-electron chi connectivity index (χ0n) is 5.13. The molecule has 0 bridgehead atoms. The van der Waals surface area contributed by atoms with Crippen LogP contribution >= 0.6 is 0 Å². The van der Waals surface area contributed by atoms with Gasteiger partial charge in [-0.1, -0.05) is 13.5 Å². The van der Waals surface area contributed by atoms with Gasteiger partial charge in [0, 0.05) is 6.42 Å². The number of rotatable bonds is 2. The van der Waals surface area contributed by atoms with E-state index in [4.69, 9.17) is 5.11 Å². The predicted molar refractivity (Wildman–Crippen MR) is 33.8 cm³/mol. The molecule has 0 aliphatic carbocycles. The highest BCUT2D eigenvalue weighted by atomic mass is 16.2. The molecule has 0 amide bonds. The fourth-order valence-corrected chi connectivity index (χ4v) is 0.118. The number of aliphatic hydroxyl groups is 1. The summed E-state index contributed by atoms with van der Waals surface area (Å²) in [7, 11) is 0. The number of aliphatic hydroxyl groups excluding tert-OH is 1. The largest absolute Gasteiger partial charge is 0.516 e. The lowest BCUT2D eigenvalue weighted by atomic mass is 10.4. The van der Waals surface area contributed by atoms with Crippen molar-refractivity contribution in [2.45, 2.75) is 19.8 Å². The quantitative estimate of drug-likeness (QED) is 0.440. The summed E-state index contributed by atoms with van der Waals surface area (Å²) in [5.41, 5.74) is 0. The molecule has 2 nitrogen and oxygen atoms in total. The van der Waals surface area contributed by atoms with Crippen molar-refractivity contribution in [1.82, 2.24) is 0 Å². The molecule has 0 rings (SSSR count). The summed E-state index contributed by atoms with van der Waals surface area (Å²) in [5.74, 6) is 0. The van der Waals surface area contributed by atoms with Crippen molar-refractivity contribution in [2.24, 2.45) is 0 Å². The van der Waals surface area contributed by atoms with Gasteiger partial charge in [0.25, 0.3) is 0 Å². The van der Waals surface area contributed by atoms with E-state index >= 15 is 0 Å².